The number of halogens is 3. The molecule has 0 saturated carbocycles. The number of benzene rings is 1. The molecular formula is C24H32F3N3O13. The van der Waals surface area contributed by atoms with Crippen LogP contribution in [0.1, 0.15) is 15.9 Å². The summed E-state index contributed by atoms with van der Waals surface area (Å²) in [5.74, 6) is -0.835. The molecule has 0 aliphatic carbocycles. The Balaban J connectivity index is 1.48. The quantitative estimate of drug-likeness (QED) is 0.116. The number of rotatable bonds is 11. The third-order valence-corrected chi connectivity index (χ3v) is 7.24. The van der Waals surface area contributed by atoms with Gasteiger partial charge in [-0.2, -0.15) is 13.2 Å². The van der Waals surface area contributed by atoms with Gasteiger partial charge in [-0.25, -0.2) is 0 Å². The molecule has 242 valence electrons. The molecule has 9 N–H and O–H groups in total. The maximum absolute atomic E-state index is 13.3. The molecule has 10 atom stereocenters. The number of nitrogens with zero attached hydrogens (tertiary/aromatic N) is 2. The van der Waals surface area contributed by atoms with Crippen LogP contribution in [0.4, 0.5) is 13.2 Å². The van der Waals surface area contributed by atoms with Crippen molar-refractivity contribution in [2.24, 2.45) is 10.2 Å². The molecule has 0 radical (unpaired) electrons. The Bertz CT molecular complexity index is 1080. The fraction of sp³-hybridized carbons (Fsp3) is 0.708. The number of aliphatic hydroxyl groups is 8. The SMILES string of the molecule is O=C(NC(CO[C@H]1[C@H](O)[C@H](O)C(O)O[C@@H]1CO)CO[C@H]1[C@H](O)[C@H](O)C(O)O[C@@H]1CO)c1ccc(C2(C(F)(F)F)N=N2)cc1. The van der Waals surface area contributed by atoms with Gasteiger partial charge in [-0.1, -0.05) is 12.1 Å². The second-order valence-electron chi connectivity index (χ2n) is 10.2. The molecular weight excluding hydrogens is 595 g/mol. The van der Waals surface area contributed by atoms with Crippen LogP contribution < -0.4 is 5.32 Å². The van der Waals surface area contributed by atoms with Crippen LogP contribution in [0.5, 0.6) is 0 Å². The zero-order valence-electron chi connectivity index (χ0n) is 22.1. The highest BCUT2D eigenvalue weighted by atomic mass is 19.4. The Hall–Kier alpha value is -2.40. The van der Waals surface area contributed by atoms with Crippen LogP contribution in [0.3, 0.4) is 0 Å². The van der Waals surface area contributed by atoms with Gasteiger partial charge in [-0.15, -0.1) is 10.2 Å². The van der Waals surface area contributed by atoms with Gasteiger partial charge >= 0.3 is 11.8 Å². The van der Waals surface area contributed by atoms with E-state index in [0.29, 0.717) is 0 Å². The van der Waals surface area contributed by atoms with E-state index >= 15 is 0 Å². The van der Waals surface area contributed by atoms with Gasteiger partial charge < -0.3 is 65.1 Å². The van der Waals surface area contributed by atoms with E-state index in [4.69, 9.17) is 18.9 Å². The van der Waals surface area contributed by atoms with Crippen LogP contribution in [0.15, 0.2) is 34.5 Å². The maximum atomic E-state index is 13.3. The minimum Gasteiger partial charge on any atom is -0.394 e. The lowest BCUT2D eigenvalue weighted by Crippen LogP contribution is -2.61. The molecule has 3 heterocycles. The van der Waals surface area contributed by atoms with E-state index in [9.17, 15) is 58.8 Å². The highest BCUT2D eigenvalue weighted by Crippen LogP contribution is 2.52. The molecule has 19 heteroatoms. The summed E-state index contributed by atoms with van der Waals surface area (Å²) in [5.41, 5.74) is -3.11. The molecule has 1 aromatic rings. The fourth-order valence-corrected chi connectivity index (χ4v) is 4.70. The first-order valence-corrected chi connectivity index (χ1v) is 13.0. The zero-order valence-corrected chi connectivity index (χ0v) is 22.1. The summed E-state index contributed by atoms with van der Waals surface area (Å²) in [5, 5.41) is 87.9. The van der Waals surface area contributed by atoms with Crippen molar-refractivity contribution in [3.05, 3.63) is 35.4 Å². The van der Waals surface area contributed by atoms with Crippen LogP contribution >= 0.6 is 0 Å². The van der Waals surface area contributed by atoms with Crippen molar-refractivity contribution in [1.29, 1.82) is 0 Å². The number of hydrogen-bond donors (Lipinski definition) is 9. The van der Waals surface area contributed by atoms with Crippen LogP contribution in [0.25, 0.3) is 0 Å². The molecule has 2 unspecified atom stereocenters. The number of aliphatic hydroxyl groups excluding tert-OH is 8. The Morgan fingerprint density at radius 2 is 1.28 bits per heavy atom. The van der Waals surface area contributed by atoms with Crippen molar-refractivity contribution in [2.45, 2.75) is 79.3 Å². The molecule has 43 heavy (non-hydrogen) atoms. The molecule has 0 bridgehead atoms. The van der Waals surface area contributed by atoms with E-state index in [-0.39, 0.29) is 11.1 Å². The van der Waals surface area contributed by atoms with Crippen LogP contribution in [0, 0.1) is 0 Å². The molecule has 1 aromatic carbocycles. The number of nitrogens with one attached hydrogen (secondary N) is 1. The molecule has 1 amide bonds. The number of carbonyl (C=O) groups is 1. The normalized spacial score (nSPS) is 36.3. The predicted molar refractivity (Wildman–Crippen MR) is 130 cm³/mol. The zero-order chi connectivity index (χ0) is 31.7. The van der Waals surface area contributed by atoms with Crippen molar-refractivity contribution in [3.8, 4) is 0 Å². The fourth-order valence-electron chi connectivity index (χ4n) is 4.70. The monoisotopic (exact) mass is 627 g/mol. The minimum atomic E-state index is -4.77. The Morgan fingerprint density at radius 3 is 1.65 bits per heavy atom. The van der Waals surface area contributed by atoms with Crippen molar-refractivity contribution in [3.63, 3.8) is 0 Å². The van der Waals surface area contributed by atoms with Crippen LogP contribution in [-0.4, -0.2) is 147 Å². The number of carbonyl (C=O) groups excluding carboxylic acids is 1. The van der Waals surface area contributed by atoms with Gasteiger partial charge in [0.2, 0.25) is 0 Å². The topological polar surface area (TPSA) is 253 Å². The van der Waals surface area contributed by atoms with Crippen molar-refractivity contribution in [1.82, 2.24) is 5.32 Å². The number of ether oxygens (including phenoxy) is 4. The summed E-state index contributed by atoms with van der Waals surface area (Å²) in [7, 11) is 0. The summed E-state index contributed by atoms with van der Waals surface area (Å²) >= 11 is 0. The smallest absolute Gasteiger partial charge is 0.394 e. The van der Waals surface area contributed by atoms with Gasteiger partial charge in [-0.05, 0) is 12.1 Å². The summed E-state index contributed by atoms with van der Waals surface area (Å²) in [4.78, 5) is 13.0. The van der Waals surface area contributed by atoms with Crippen LogP contribution in [0.2, 0.25) is 0 Å². The number of amides is 1. The average Bonchev–Trinajstić information content (AvgIpc) is 3.80. The van der Waals surface area contributed by atoms with Gasteiger partial charge in [0.15, 0.2) is 12.6 Å². The second-order valence-corrected chi connectivity index (χ2v) is 10.2. The van der Waals surface area contributed by atoms with Gasteiger partial charge in [0.1, 0.15) is 48.8 Å². The Morgan fingerprint density at radius 1 is 0.837 bits per heavy atom. The molecule has 0 spiro atoms. The Kier molecular flexibility index (Phi) is 10.4. The largest absolute Gasteiger partial charge is 0.442 e. The standard InChI is InChI=1S/C24H32F3N3O13/c25-24(26,27)23(29-30-23)10-3-1-9(2-4-10)20(37)28-11(7-40-18-12(5-31)42-21(38)16(35)14(18)33)8-41-19-13(6-32)43-22(39)17(36)15(19)34/h1-4,11-19,21-22,31-36,38-39H,5-8H2,(H,28,37)/t11?,12-,13-,14-,15-,16+,17+,18-,19-,21?,22?/m1/s1. The third kappa shape index (κ3) is 6.97. The minimum absolute atomic E-state index is 0.104. The lowest BCUT2D eigenvalue weighted by Gasteiger charge is -2.41. The van der Waals surface area contributed by atoms with E-state index in [0.717, 1.165) is 24.3 Å². The van der Waals surface area contributed by atoms with E-state index in [1.165, 1.54) is 0 Å². The maximum Gasteiger partial charge on any atom is 0.442 e. The first-order chi connectivity index (χ1) is 20.2. The van der Waals surface area contributed by atoms with E-state index in [1.54, 1.807) is 0 Å². The van der Waals surface area contributed by atoms with E-state index < -0.39 is 112 Å². The molecule has 2 fully saturated rings. The van der Waals surface area contributed by atoms with Gasteiger partial charge in [0.05, 0.1) is 32.5 Å². The summed E-state index contributed by atoms with van der Waals surface area (Å²) in [6.45, 7) is -2.54. The number of alkyl halides is 3. The summed E-state index contributed by atoms with van der Waals surface area (Å²) in [6.07, 6.45) is -21.0. The van der Waals surface area contributed by atoms with Gasteiger partial charge in [0, 0.05) is 11.1 Å². The van der Waals surface area contributed by atoms with Gasteiger partial charge in [0.25, 0.3) is 5.91 Å². The average molecular weight is 628 g/mol. The molecule has 3 aliphatic heterocycles. The van der Waals surface area contributed by atoms with Crippen molar-refractivity contribution >= 4 is 5.91 Å². The lowest BCUT2D eigenvalue weighted by molar-refractivity contribution is -0.299. The molecule has 2 saturated heterocycles. The lowest BCUT2D eigenvalue weighted by atomic mass is 9.99. The number of hydrogen-bond acceptors (Lipinski definition) is 15. The first-order valence-electron chi connectivity index (χ1n) is 13.0. The van der Waals surface area contributed by atoms with Crippen molar-refractivity contribution in [2.75, 3.05) is 26.4 Å². The van der Waals surface area contributed by atoms with Crippen LogP contribution in [-0.2, 0) is 24.6 Å². The molecule has 3 aliphatic rings. The summed E-state index contributed by atoms with van der Waals surface area (Å²) in [6, 6.07) is 3.04. The van der Waals surface area contributed by atoms with E-state index in [1.807, 2.05) is 0 Å². The Labute approximate surface area is 240 Å². The molecule has 0 aromatic heterocycles. The highest BCUT2D eigenvalue weighted by molar-refractivity contribution is 5.94. The molecule has 16 nitrogen and oxygen atoms in total. The molecule has 4 rings (SSSR count). The third-order valence-electron chi connectivity index (χ3n) is 7.24. The summed E-state index contributed by atoms with van der Waals surface area (Å²) < 4.78 is 61.2. The van der Waals surface area contributed by atoms with E-state index in [2.05, 4.69) is 15.5 Å². The highest BCUT2D eigenvalue weighted by Gasteiger charge is 2.65. The second kappa shape index (κ2) is 13.3. The first kappa shape index (κ1) is 33.5. The predicted octanol–water partition coefficient (Wildman–Crippen LogP) is -3.40. The van der Waals surface area contributed by atoms with Crippen molar-refractivity contribution < 1.29 is 77.8 Å². The van der Waals surface area contributed by atoms with Gasteiger partial charge in [-0.3, -0.25) is 4.79 Å².